The van der Waals surface area contributed by atoms with Crippen LogP contribution in [0.3, 0.4) is 0 Å². The first-order chi connectivity index (χ1) is 11.0. The molecule has 118 valence electrons. The van der Waals surface area contributed by atoms with Gasteiger partial charge in [0.2, 0.25) is 17.8 Å². The molecule has 0 saturated heterocycles. The Morgan fingerprint density at radius 1 is 1.00 bits per heavy atom. The van der Waals surface area contributed by atoms with Crippen molar-refractivity contribution < 1.29 is 0 Å². The first-order valence-corrected chi connectivity index (χ1v) is 7.47. The quantitative estimate of drug-likeness (QED) is 0.771. The largest absolute Gasteiger partial charge is 0.368 e. The topological polar surface area (TPSA) is 80.0 Å². The Labute approximate surface area is 135 Å². The molecule has 0 fully saturated rings. The molecule has 3 aromatic rings. The number of nitrogen functional groups attached to an aromatic ring is 1. The zero-order chi connectivity index (χ0) is 16.4. The zero-order valence-electron chi connectivity index (χ0n) is 13.5. The number of anilines is 3. The normalized spacial score (nSPS) is 12.1. The molecule has 6 nitrogen and oxygen atoms in total. The highest BCUT2D eigenvalue weighted by Gasteiger charge is 2.12. The number of nitrogens with one attached hydrogen (secondary N) is 1. The predicted octanol–water partition coefficient (Wildman–Crippen LogP) is 2.85. The minimum absolute atomic E-state index is 0.0397. The summed E-state index contributed by atoms with van der Waals surface area (Å²) in [6, 6.07) is 14.6. The third kappa shape index (κ3) is 3.15. The molecule has 0 spiro atoms. The number of aromatic nitrogens is 3. The highest BCUT2D eigenvalue weighted by Crippen LogP contribution is 2.26. The van der Waals surface area contributed by atoms with Crippen LogP contribution in [0.5, 0.6) is 0 Å². The van der Waals surface area contributed by atoms with Crippen molar-refractivity contribution in [2.45, 2.75) is 13.0 Å². The molecule has 0 aliphatic rings. The van der Waals surface area contributed by atoms with Crippen molar-refractivity contribution in [3.05, 3.63) is 48.0 Å². The Bertz CT molecular complexity index is 825. The third-order valence-corrected chi connectivity index (χ3v) is 3.68. The number of rotatable bonds is 4. The van der Waals surface area contributed by atoms with Crippen LogP contribution in [0.2, 0.25) is 0 Å². The first-order valence-electron chi connectivity index (χ1n) is 7.47. The summed E-state index contributed by atoms with van der Waals surface area (Å²) in [7, 11) is 3.74. The maximum absolute atomic E-state index is 5.77. The van der Waals surface area contributed by atoms with E-state index in [0.29, 0.717) is 11.9 Å². The van der Waals surface area contributed by atoms with E-state index in [0.717, 1.165) is 0 Å². The molecule has 3 N–H and O–H groups in total. The third-order valence-electron chi connectivity index (χ3n) is 3.68. The lowest BCUT2D eigenvalue weighted by molar-refractivity contribution is 0.856. The van der Waals surface area contributed by atoms with E-state index in [4.69, 9.17) is 5.73 Å². The van der Waals surface area contributed by atoms with Crippen LogP contribution in [-0.2, 0) is 0 Å². The van der Waals surface area contributed by atoms with Gasteiger partial charge in [-0.15, -0.1) is 0 Å². The average Bonchev–Trinajstić information content (AvgIpc) is 2.53. The van der Waals surface area contributed by atoms with Crippen molar-refractivity contribution in [1.82, 2.24) is 15.0 Å². The number of benzene rings is 2. The average molecular weight is 308 g/mol. The minimum Gasteiger partial charge on any atom is -0.368 e. The van der Waals surface area contributed by atoms with E-state index in [-0.39, 0.29) is 12.0 Å². The van der Waals surface area contributed by atoms with Crippen LogP contribution >= 0.6 is 0 Å². The Balaban J connectivity index is 1.93. The molecule has 1 heterocycles. The number of hydrogen-bond acceptors (Lipinski definition) is 6. The lowest BCUT2D eigenvalue weighted by atomic mass is 10.00. The van der Waals surface area contributed by atoms with Gasteiger partial charge in [0, 0.05) is 14.1 Å². The van der Waals surface area contributed by atoms with Crippen LogP contribution < -0.4 is 16.0 Å². The highest BCUT2D eigenvalue weighted by atomic mass is 15.3. The molecule has 1 unspecified atom stereocenters. The lowest BCUT2D eigenvalue weighted by Crippen LogP contribution is -2.17. The molecule has 0 amide bonds. The zero-order valence-corrected chi connectivity index (χ0v) is 13.5. The van der Waals surface area contributed by atoms with Crippen molar-refractivity contribution in [3.63, 3.8) is 0 Å². The van der Waals surface area contributed by atoms with E-state index >= 15 is 0 Å². The molecule has 6 heteroatoms. The molecule has 0 aliphatic heterocycles. The maximum atomic E-state index is 5.77. The van der Waals surface area contributed by atoms with Crippen molar-refractivity contribution in [2.75, 3.05) is 30.0 Å². The van der Waals surface area contributed by atoms with Crippen molar-refractivity contribution in [3.8, 4) is 0 Å². The van der Waals surface area contributed by atoms with Crippen LogP contribution in [0.25, 0.3) is 10.8 Å². The number of hydrogen-bond donors (Lipinski definition) is 2. The van der Waals surface area contributed by atoms with Crippen LogP contribution in [0.1, 0.15) is 18.5 Å². The molecular formula is C17H20N6. The summed E-state index contributed by atoms with van der Waals surface area (Å²) in [5.41, 5.74) is 6.96. The van der Waals surface area contributed by atoms with Crippen molar-refractivity contribution in [1.29, 1.82) is 0 Å². The monoisotopic (exact) mass is 308 g/mol. The molecule has 0 radical (unpaired) electrons. The van der Waals surface area contributed by atoms with Gasteiger partial charge in [0.15, 0.2) is 0 Å². The van der Waals surface area contributed by atoms with Gasteiger partial charge in [0.1, 0.15) is 0 Å². The number of nitrogens with zero attached hydrogens (tertiary/aromatic N) is 4. The molecular weight excluding hydrogens is 288 g/mol. The van der Waals surface area contributed by atoms with E-state index in [1.165, 1.54) is 16.3 Å². The summed E-state index contributed by atoms with van der Waals surface area (Å²) in [4.78, 5) is 14.5. The summed E-state index contributed by atoms with van der Waals surface area (Å²) in [6.45, 7) is 2.08. The fourth-order valence-corrected chi connectivity index (χ4v) is 2.54. The smallest absolute Gasteiger partial charge is 0.231 e. The second-order valence-corrected chi connectivity index (χ2v) is 5.65. The van der Waals surface area contributed by atoms with Crippen molar-refractivity contribution in [2.24, 2.45) is 0 Å². The minimum atomic E-state index is 0.0397. The van der Waals surface area contributed by atoms with E-state index in [1.807, 2.05) is 26.2 Å². The number of nitrogens with two attached hydrogens (primary N) is 1. The first kappa shape index (κ1) is 15.0. The van der Waals surface area contributed by atoms with Gasteiger partial charge in [0.05, 0.1) is 6.04 Å². The highest BCUT2D eigenvalue weighted by molar-refractivity contribution is 5.86. The molecule has 2 aromatic carbocycles. The Morgan fingerprint density at radius 2 is 1.74 bits per heavy atom. The second-order valence-electron chi connectivity index (χ2n) is 5.65. The molecule has 23 heavy (non-hydrogen) atoms. The molecule has 3 rings (SSSR count). The van der Waals surface area contributed by atoms with Gasteiger partial charge in [-0.05, 0) is 23.3 Å². The standard InChI is InChI=1S/C17H20N6/c1-11(13-10-6-8-12-7-4-5-9-14(12)13)19-16-20-15(18)21-17(22-16)23(2)3/h4-11H,1-3H3,(H3,18,19,20,21,22). The SMILES string of the molecule is CC(Nc1nc(N)nc(N(C)C)n1)c1cccc2ccccc12. The summed E-state index contributed by atoms with van der Waals surface area (Å²) in [5.74, 6) is 1.21. The Kier molecular flexibility index (Phi) is 3.97. The summed E-state index contributed by atoms with van der Waals surface area (Å²) < 4.78 is 0. The fraction of sp³-hybridized carbons (Fsp3) is 0.235. The molecule has 0 aliphatic carbocycles. The molecule has 1 atom stereocenters. The van der Waals surface area contributed by atoms with Gasteiger partial charge in [-0.25, -0.2) is 0 Å². The summed E-state index contributed by atoms with van der Waals surface area (Å²) in [5, 5.41) is 5.74. The van der Waals surface area contributed by atoms with Crippen LogP contribution in [-0.4, -0.2) is 29.0 Å². The predicted molar refractivity (Wildman–Crippen MR) is 94.6 cm³/mol. The van der Waals surface area contributed by atoms with Crippen LogP contribution in [0, 0.1) is 0 Å². The van der Waals surface area contributed by atoms with Gasteiger partial charge in [-0.3, -0.25) is 0 Å². The number of fused-ring (bicyclic) bond motifs is 1. The van der Waals surface area contributed by atoms with Gasteiger partial charge < -0.3 is 16.0 Å². The molecule has 0 bridgehead atoms. The Morgan fingerprint density at radius 3 is 2.52 bits per heavy atom. The van der Waals surface area contributed by atoms with E-state index < -0.39 is 0 Å². The second kappa shape index (κ2) is 6.08. The van der Waals surface area contributed by atoms with E-state index in [9.17, 15) is 0 Å². The fourth-order valence-electron chi connectivity index (χ4n) is 2.54. The van der Waals surface area contributed by atoms with E-state index in [2.05, 4.69) is 57.5 Å². The molecule has 1 aromatic heterocycles. The van der Waals surface area contributed by atoms with Crippen LogP contribution in [0.4, 0.5) is 17.8 Å². The van der Waals surface area contributed by atoms with Gasteiger partial charge in [-0.1, -0.05) is 42.5 Å². The van der Waals surface area contributed by atoms with Crippen molar-refractivity contribution >= 4 is 28.6 Å². The summed E-state index contributed by atoms with van der Waals surface area (Å²) in [6.07, 6.45) is 0. The van der Waals surface area contributed by atoms with Gasteiger partial charge in [-0.2, -0.15) is 15.0 Å². The Hall–Kier alpha value is -2.89. The lowest BCUT2D eigenvalue weighted by Gasteiger charge is -2.18. The summed E-state index contributed by atoms with van der Waals surface area (Å²) >= 11 is 0. The molecule has 0 saturated carbocycles. The van der Waals surface area contributed by atoms with E-state index in [1.54, 1.807) is 4.90 Å². The van der Waals surface area contributed by atoms with Gasteiger partial charge in [0.25, 0.3) is 0 Å². The van der Waals surface area contributed by atoms with Gasteiger partial charge >= 0.3 is 0 Å². The maximum Gasteiger partial charge on any atom is 0.231 e. The van der Waals surface area contributed by atoms with Crippen LogP contribution in [0.15, 0.2) is 42.5 Å².